The molecule has 0 aliphatic carbocycles. The molecule has 20 heavy (non-hydrogen) atoms. The Bertz CT molecular complexity index is 586. The maximum atomic E-state index is 11.0. The Morgan fingerprint density at radius 2 is 2.35 bits per heavy atom. The highest BCUT2D eigenvalue weighted by molar-refractivity contribution is 6.30. The third-order valence-corrected chi connectivity index (χ3v) is 3.14. The molecule has 1 unspecified atom stereocenters. The van der Waals surface area contributed by atoms with Crippen molar-refractivity contribution in [2.24, 2.45) is 0 Å². The minimum Gasteiger partial charge on any atom is -0.308 e. The molecule has 0 radical (unpaired) electrons. The smallest absolute Gasteiger partial charge is 0.275 e. The molecular formula is C13H15ClN4O2. The van der Waals surface area contributed by atoms with Crippen molar-refractivity contribution < 1.29 is 4.92 Å². The summed E-state index contributed by atoms with van der Waals surface area (Å²) in [7, 11) is 0. The van der Waals surface area contributed by atoms with Gasteiger partial charge in [-0.25, -0.2) is 0 Å². The molecule has 0 amide bonds. The van der Waals surface area contributed by atoms with E-state index in [0.717, 1.165) is 0 Å². The van der Waals surface area contributed by atoms with Gasteiger partial charge in [-0.2, -0.15) is 5.10 Å². The zero-order chi connectivity index (χ0) is 14.5. The molecule has 1 aromatic heterocycles. The Morgan fingerprint density at radius 3 is 3.00 bits per heavy atom. The van der Waals surface area contributed by atoms with Crippen LogP contribution in [0.4, 0.5) is 5.69 Å². The van der Waals surface area contributed by atoms with Gasteiger partial charge in [-0.05, 0) is 25.1 Å². The Labute approximate surface area is 121 Å². The average Bonchev–Trinajstić information content (AvgIpc) is 2.90. The molecule has 0 aliphatic rings. The van der Waals surface area contributed by atoms with Gasteiger partial charge in [0, 0.05) is 41.6 Å². The van der Waals surface area contributed by atoms with Crippen LogP contribution in [0.2, 0.25) is 5.02 Å². The normalized spacial score (nSPS) is 12.3. The fourth-order valence-electron chi connectivity index (χ4n) is 1.89. The van der Waals surface area contributed by atoms with E-state index in [1.165, 1.54) is 6.07 Å². The van der Waals surface area contributed by atoms with Crippen molar-refractivity contribution in [1.29, 1.82) is 0 Å². The van der Waals surface area contributed by atoms with Crippen LogP contribution in [0.3, 0.4) is 0 Å². The molecule has 1 aromatic carbocycles. The van der Waals surface area contributed by atoms with E-state index in [0.29, 0.717) is 23.7 Å². The van der Waals surface area contributed by atoms with E-state index in [2.05, 4.69) is 10.4 Å². The first kappa shape index (κ1) is 14.5. The molecule has 2 rings (SSSR count). The minimum absolute atomic E-state index is 0.0382. The lowest BCUT2D eigenvalue weighted by Crippen LogP contribution is -2.30. The molecule has 0 aliphatic heterocycles. The number of hydrogen-bond acceptors (Lipinski definition) is 4. The number of rotatable bonds is 6. The van der Waals surface area contributed by atoms with E-state index in [4.69, 9.17) is 11.6 Å². The third kappa shape index (κ3) is 3.79. The molecule has 0 bridgehead atoms. The average molecular weight is 295 g/mol. The largest absolute Gasteiger partial charge is 0.308 e. The van der Waals surface area contributed by atoms with E-state index < -0.39 is 4.92 Å². The van der Waals surface area contributed by atoms with Crippen LogP contribution in [0.5, 0.6) is 0 Å². The van der Waals surface area contributed by atoms with Crippen LogP contribution < -0.4 is 5.32 Å². The van der Waals surface area contributed by atoms with Gasteiger partial charge < -0.3 is 5.32 Å². The van der Waals surface area contributed by atoms with Gasteiger partial charge in [-0.1, -0.05) is 11.6 Å². The lowest BCUT2D eigenvalue weighted by molar-refractivity contribution is -0.385. The first-order valence-electron chi connectivity index (χ1n) is 6.20. The van der Waals surface area contributed by atoms with Gasteiger partial charge in [0.2, 0.25) is 0 Å². The van der Waals surface area contributed by atoms with Crippen molar-refractivity contribution >= 4 is 17.3 Å². The molecule has 1 heterocycles. The van der Waals surface area contributed by atoms with Crippen molar-refractivity contribution in [3.63, 3.8) is 0 Å². The quantitative estimate of drug-likeness (QED) is 0.656. The van der Waals surface area contributed by atoms with Crippen LogP contribution in [0.1, 0.15) is 12.5 Å². The minimum atomic E-state index is -0.416. The van der Waals surface area contributed by atoms with Gasteiger partial charge in [0.1, 0.15) is 0 Å². The van der Waals surface area contributed by atoms with Gasteiger partial charge in [-0.15, -0.1) is 0 Å². The highest BCUT2D eigenvalue weighted by Gasteiger charge is 2.14. The van der Waals surface area contributed by atoms with Crippen molar-refractivity contribution in [2.45, 2.75) is 26.1 Å². The van der Waals surface area contributed by atoms with Crippen LogP contribution in [0.15, 0.2) is 36.7 Å². The Morgan fingerprint density at radius 1 is 1.55 bits per heavy atom. The van der Waals surface area contributed by atoms with Crippen molar-refractivity contribution in [1.82, 2.24) is 15.1 Å². The maximum Gasteiger partial charge on any atom is 0.275 e. The highest BCUT2D eigenvalue weighted by atomic mass is 35.5. The number of nitrogens with zero attached hydrogens (tertiary/aromatic N) is 3. The number of hydrogen-bond donors (Lipinski definition) is 1. The van der Waals surface area contributed by atoms with Crippen molar-refractivity contribution in [3.05, 3.63) is 57.4 Å². The summed E-state index contributed by atoms with van der Waals surface area (Å²) in [5.74, 6) is 0. The fraction of sp³-hybridized carbons (Fsp3) is 0.308. The highest BCUT2D eigenvalue weighted by Crippen LogP contribution is 2.23. The van der Waals surface area contributed by atoms with Crippen LogP contribution in [-0.2, 0) is 13.1 Å². The van der Waals surface area contributed by atoms with Gasteiger partial charge in [0.15, 0.2) is 0 Å². The molecule has 7 heteroatoms. The summed E-state index contributed by atoms with van der Waals surface area (Å²) >= 11 is 5.78. The molecule has 0 spiro atoms. The Balaban J connectivity index is 1.98. The van der Waals surface area contributed by atoms with Gasteiger partial charge in [0.25, 0.3) is 5.69 Å². The summed E-state index contributed by atoms with van der Waals surface area (Å²) in [5, 5.41) is 18.7. The molecule has 1 atom stereocenters. The number of nitro groups is 1. The molecule has 2 aromatic rings. The number of halogens is 1. The number of aromatic nitrogens is 2. The maximum absolute atomic E-state index is 11.0. The lowest BCUT2D eigenvalue weighted by Gasteiger charge is -2.14. The number of nitrogens with one attached hydrogen (secondary N) is 1. The second-order valence-corrected chi connectivity index (χ2v) is 4.98. The molecular weight excluding hydrogens is 280 g/mol. The third-order valence-electron chi connectivity index (χ3n) is 2.91. The molecule has 0 saturated carbocycles. The zero-order valence-corrected chi connectivity index (χ0v) is 11.7. The van der Waals surface area contributed by atoms with Crippen molar-refractivity contribution in [2.75, 3.05) is 0 Å². The van der Waals surface area contributed by atoms with E-state index in [-0.39, 0.29) is 11.7 Å². The Hall–Kier alpha value is -1.92. The first-order valence-corrected chi connectivity index (χ1v) is 6.57. The summed E-state index contributed by atoms with van der Waals surface area (Å²) in [4.78, 5) is 10.6. The van der Waals surface area contributed by atoms with E-state index >= 15 is 0 Å². The summed E-state index contributed by atoms with van der Waals surface area (Å²) < 4.78 is 1.81. The van der Waals surface area contributed by atoms with Crippen molar-refractivity contribution in [3.8, 4) is 0 Å². The van der Waals surface area contributed by atoms with Crippen LogP contribution in [0, 0.1) is 10.1 Å². The van der Waals surface area contributed by atoms with Crippen LogP contribution >= 0.6 is 11.6 Å². The summed E-state index contributed by atoms with van der Waals surface area (Å²) in [5.41, 5.74) is 0.656. The second-order valence-electron chi connectivity index (χ2n) is 4.54. The van der Waals surface area contributed by atoms with Gasteiger partial charge in [-0.3, -0.25) is 14.8 Å². The summed E-state index contributed by atoms with van der Waals surface area (Å²) in [6, 6.07) is 6.70. The van der Waals surface area contributed by atoms with E-state index in [1.807, 2.05) is 23.9 Å². The number of nitro benzene ring substituents is 1. The van der Waals surface area contributed by atoms with Gasteiger partial charge in [0.05, 0.1) is 11.5 Å². The molecule has 1 N–H and O–H groups in total. The number of benzene rings is 1. The predicted octanol–water partition coefficient (Wildman–Crippen LogP) is 2.62. The Kier molecular flexibility index (Phi) is 4.70. The monoisotopic (exact) mass is 294 g/mol. The SMILES string of the molecule is CC(Cn1cccn1)NCc1ccc(Cl)cc1[N+](=O)[O-]. The lowest BCUT2D eigenvalue weighted by atomic mass is 10.1. The van der Waals surface area contributed by atoms with E-state index in [9.17, 15) is 10.1 Å². The van der Waals surface area contributed by atoms with Crippen LogP contribution in [-0.4, -0.2) is 20.7 Å². The van der Waals surface area contributed by atoms with Gasteiger partial charge >= 0.3 is 0 Å². The van der Waals surface area contributed by atoms with Crippen LogP contribution in [0.25, 0.3) is 0 Å². The summed E-state index contributed by atoms with van der Waals surface area (Å²) in [6.07, 6.45) is 3.60. The standard InChI is InChI=1S/C13H15ClN4O2/c1-10(9-17-6-2-5-16-17)15-8-11-3-4-12(14)7-13(11)18(19)20/h2-7,10,15H,8-9H2,1H3. The molecule has 106 valence electrons. The summed E-state index contributed by atoms with van der Waals surface area (Å²) in [6.45, 7) is 3.12. The zero-order valence-electron chi connectivity index (χ0n) is 11.0. The molecule has 6 nitrogen and oxygen atoms in total. The molecule has 0 saturated heterocycles. The fourth-order valence-corrected chi connectivity index (χ4v) is 2.06. The van der Waals surface area contributed by atoms with E-state index in [1.54, 1.807) is 18.3 Å². The second kappa shape index (κ2) is 6.49. The topological polar surface area (TPSA) is 73.0 Å². The predicted molar refractivity (Wildman–Crippen MR) is 76.6 cm³/mol. The molecule has 0 fully saturated rings. The first-order chi connectivity index (χ1) is 9.56.